The second-order valence-corrected chi connectivity index (χ2v) is 4.44. The van der Waals surface area contributed by atoms with E-state index in [9.17, 15) is 8.78 Å². The quantitative estimate of drug-likeness (QED) is 0.787. The first-order chi connectivity index (χ1) is 9.70. The van der Waals surface area contributed by atoms with E-state index in [1.807, 2.05) is 6.07 Å². The molecule has 2 aromatic rings. The van der Waals surface area contributed by atoms with E-state index >= 15 is 0 Å². The largest absolute Gasteiger partial charge is 0.482 e. The van der Waals surface area contributed by atoms with Gasteiger partial charge >= 0.3 is 0 Å². The van der Waals surface area contributed by atoms with E-state index in [0.29, 0.717) is 12.3 Å². The average Bonchev–Trinajstić information content (AvgIpc) is 2.89. The monoisotopic (exact) mass is 281 g/mol. The molecular formula is C15H17F2NO2. The zero-order valence-electron chi connectivity index (χ0n) is 11.3. The van der Waals surface area contributed by atoms with Gasteiger partial charge in [0.15, 0.2) is 11.6 Å². The van der Waals surface area contributed by atoms with Crippen molar-refractivity contribution >= 4 is 0 Å². The molecule has 108 valence electrons. The summed E-state index contributed by atoms with van der Waals surface area (Å²) in [4.78, 5) is 0. The predicted molar refractivity (Wildman–Crippen MR) is 71.4 cm³/mol. The van der Waals surface area contributed by atoms with Gasteiger partial charge in [-0.3, -0.25) is 0 Å². The van der Waals surface area contributed by atoms with Gasteiger partial charge in [-0.05, 0) is 31.2 Å². The number of hydrogen-bond acceptors (Lipinski definition) is 3. The normalized spacial score (nSPS) is 10.8. The highest BCUT2D eigenvalue weighted by molar-refractivity contribution is 5.25. The van der Waals surface area contributed by atoms with E-state index in [-0.39, 0.29) is 12.4 Å². The molecule has 0 saturated heterocycles. The molecule has 0 unspecified atom stereocenters. The number of rotatable bonds is 7. The average molecular weight is 281 g/mol. The van der Waals surface area contributed by atoms with Crippen molar-refractivity contribution in [2.75, 3.05) is 6.54 Å². The Hall–Kier alpha value is -1.88. The van der Waals surface area contributed by atoms with E-state index in [1.165, 1.54) is 12.1 Å². The van der Waals surface area contributed by atoms with Crippen LogP contribution in [0.4, 0.5) is 8.78 Å². The summed E-state index contributed by atoms with van der Waals surface area (Å²) in [5, 5.41) is 3.24. The SMILES string of the molecule is CCCNCc1coc(COc2cccc(F)c2F)c1. The first-order valence-corrected chi connectivity index (χ1v) is 6.54. The molecule has 1 aromatic carbocycles. The number of furan rings is 1. The number of nitrogens with one attached hydrogen (secondary N) is 1. The Morgan fingerprint density at radius 3 is 2.95 bits per heavy atom. The van der Waals surface area contributed by atoms with Crippen molar-refractivity contribution in [3.8, 4) is 5.75 Å². The van der Waals surface area contributed by atoms with Crippen LogP contribution >= 0.6 is 0 Å². The van der Waals surface area contributed by atoms with Crippen LogP contribution in [0.3, 0.4) is 0 Å². The third-order valence-electron chi connectivity index (χ3n) is 2.75. The summed E-state index contributed by atoms with van der Waals surface area (Å²) < 4.78 is 36.9. The minimum Gasteiger partial charge on any atom is -0.482 e. The van der Waals surface area contributed by atoms with Crippen LogP contribution in [0.25, 0.3) is 0 Å². The molecule has 0 aliphatic carbocycles. The molecule has 0 radical (unpaired) electrons. The number of ether oxygens (including phenoxy) is 1. The molecule has 1 N–H and O–H groups in total. The summed E-state index contributed by atoms with van der Waals surface area (Å²) in [7, 11) is 0. The summed E-state index contributed by atoms with van der Waals surface area (Å²) >= 11 is 0. The van der Waals surface area contributed by atoms with Crippen molar-refractivity contribution in [2.24, 2.45) is 0 Å². The van der Waals surface area contributed by atoms with E-state index in [4.69, 9.17) is 9.15 Å². The molecule has 0 aliphatic rings. The maximum atomic E-state index is 13.4. The Labute approximate surface area is 116 Å². The molecule has 20 heavy (non-hydrogen) atoms. The molecule has 0 saturated carbocycles. The Balaban J connectivity index is 1.89. The zero-order valence-corrected chi connectivity index (χ0v) is 11.3. The summed E-state index contributed by atoms with van der Waals surface area (Å²) in [6, 6.07) is 5.66. The second kappa shape index (κ2) is 7.05. The fourth-order valence-corrected chi connectivity index (χ4v) is 1.75. The molecular weight excluding hydrogens is 264 g/mol. The van der Waals surface area contributed by atoms with E-state index in [1.54, 1.807) is 6.26 Å². The molecule has 0 spiro atoms. The number of halogens is 2. The molecule has 0 atom stereocenters. The smallest absolute Gasteiger partial charge is 0.200 e. The Kier molecular flexibility index (Phi) is 5.12. The summed E-state index contributed by atoms with van der Waals surface area (Å²) in [6.07, 6.45) is 2.69. The highest BCUT2D eigenvalue weighted by Gasteiger charge is 2.10. The standard InChI is InChI=1S/C15H17F2NO2/c1-2-6-18-8-11-7-12(19-9-11)10-20-14-5-3-4-13(16)15(14)17/h3-5,7,9,18H,2,6,8,10H2,1H3. The van der Waals surface area contributed by atoms with Gasteiger partial charge in [0.05, 0.1) is 6.26 Å². The summed E-state index contributed by atoms with van der Waals surface area (Å²) in [6.45, 7) is 3.81. The van der Waals surface area contributed by atoms with Crippen LogP contribution in [-0.4, -0.2) is 6.54 Å². The maximum absolute atomic E-state index is 13.4. The van der Waals surface area contributed by atoms with Crippen LogP contribution in [-0.2, 0) is 13.2 Å². The highest BCUT2D eigenvalue weighted by atomic mass is 19.2. The topological polar surface area (TPSA) is 34.4 Å². The molecule has 0 aliphatic heterocycles. The van der Waals surface area contributed by atoms with Gasteiger partial charge in [0.1, 0.15) is 12.4 Å². The third-order valence-corrected chi connectivity index (χ3v) is 2.75. The summed E-state index contributed by atoms with van der Waals surface area (Å²) in [5.74, 6) is -1.45. The van der Waals surface area contributed by atoms with Gasteiger partial charge in [-0.2, -0.15) is 4.39 Å². The minimum atomic E-state index is -0.983. The Morgan fingerprint density at radius 1 is 1.30 bits per heavy atom. The molecule has 0 bridgehead atoms. The van der Waals surface area contributed by atoms with Gasteiger partial charge in [-0.15, -0.1) is 0 Å². The molecule has 3 nitrogen and oxygen atoms in total. The van der Waals surface area contributed by atoms with Crippen LogP contribution in [0.15, 0.2) is 34.9 Å². The molecule has 0 fully saturated rings. The van der Waals surface area contributed by atoms with Gasteiger partial charge < -0.3 is 14.5 Å². The van der Waals surface area contributed by atoms with Crippen LogP contribution in [0.1, 0.15) is 24.7 Å². The minimum absolute atomic E-state index is 0.0636. The maximum Gasteiger partial charge on any atom is 0.200 e. The lowest BCUT2D eigenvalue weighted by Crippen LogP contribution is -2.13. The lowest BCUT2D eigenvalue weighted by atomic mass is 10.3. The molecule has 5 heteroatoms. The second-order valence-electron chi connectivity index (χ2n) is 4.44. The van der Waals surface area contributed by atoms with Crippen molar-refractivity contribution < 1.29 is 17.9 Å². The van der Waals surface area contributed by atoms with Gasteiger partial charge in [-0.25, -0.2) is 4.39 Å². The van der Waals surface area contributed by atoms with Crippen LogP contribution in [0.2, 0.25) is 0 Å². The van der Waals surface area contributed by atoms with Crippen molar-refractivity contribution in [3.05, 3.63) is 53.5 Å². The Bertz CT molecular complexity index is 555. The summed E-state index contributed by atoms with van der Waals surface area (Å²) in [5.41, 5.74) is 0.997. The first-order valence-electron chi connectivity index (χ1n) is 6.54. The van der Waals surface area contributed by atoms with Gasteiger partial charge in [-0.1, -0.05) is 13.0 Å². The van der Waals surface area contributed by atoms with Gasteiger partial charge in [0, 0.05) is 12.1 Å². The molecule has 2 rings (SSSR count). The number of hydrogen-bond donors (Lipinski definition) is 1. The van der Waals surface area contributed by atoms with Crippen LogP contribution < -0.4 is 10.1 Å². The predicted octanol–water partition coefficient (Wildman–Crippen LogP) is 3.64. The highest BCUT2D eigenvalue weighted by Crippen LogP contribution is 2.20. The van der Waals surface area contributed by atoms with Crippen molar-refractivity contribution in [1.29, 1.82) is 0 Å². The lowest BCUT2D eigenvalue weighted by molar-refractivity contribution is 0.255. The fraction of sp³-hybridized carbons (Fsp3) is 0.333. The van der Waals surface area contributed by atoms with Crippen LogP contribution in [0.5, 0.6) is 5.75 Å². The van der Waals surface area contributed by atoms with E-state index < -0.39 is 11.6 Å². The van der Waals surface area contributed by atoms with Crippen molar-refractivity contribution in [1.82, 2.24) is 5.32 Å². The molecule has 1 heterocycles. The van der Waals surface area contributed by atoms with E-state index in [0.717, 1.165) is 24.6 Å². The Morgan fingerprint density at radius 2 is 2.15 bits per heavy atom. The number of benzene rings is 1. The fourth-order valence-electron chi connectivity index (χ4n) is 1.75. The van der Waals surface area contributed by atoms with Gasteiger partial charge in [0.2, 0.25) is 5.82 Å². The van der Waals surface area contributed by atoms with Crippen molar-refractivity contribution in [3.63, 3.8) is 0 Å². The van der Waals surface area contributed by atoms with Crippen molar-refractivity contribution in [2.45, 2.75) is 26.5 Å². The molecule has 1 aromatic heterocycles. The van der Waals surface area contributed by atoms with Gasteiger partial charge in [0.25, 0.3) is 0 Å². The van der Waals surface area contributed by atoms with Crippen LogP contribution in [0, 0.1) is 11.6 Å². The first kappa shape index (κ1) is 14.5. The van der Waals surface area contributed by atoms with E-state index in [2.05, 4.69) is 12.2 Å². The lowest BCUT2D eigenvalue weighted by Gasteiger charge is -2.05. The third kappa shape index (κ3) is 3.81. The zero-order chi connectivity index (χ0) is 14.4. The molecule has 0 amide bonds.